The van der Waals surface area contributed by atoms with Gasteiger partial charge < -0.3 is 9.88 Å². The van der Waals surface area contributed by atoms with Crippen LogP contribution in [0.1, 0.15) is 24.0 Å². The topological polar surface area (TPSA) is 49.0 Å². The number of aryl methyl sites for hydroxylation is 2. The van der Waals surface area contributed by atoms with Crippen LogP contribution in [0.25, 0.3) is 22.3 Å². The maximum absolute atomic E-state index is 12.7. The number of aromatic nitrogens is 2. The average Bonchev–Trinajstić information content (AvgIpc) is 3.12. The molecule has 5 heteroatoms. The van der Waals surface area contributed by atoms with Gasteiger partial charge in [0.2, 0.25) is 5.91 Å². The number of hydrogen-bond acceptors (Lipinski definition) is 2. The summed E-state index contributed by atoms with van der Waals surface area (Å²) >= 11 is 6.24. The van der Waals surface area contributed by atoms with Crippen molar-refractivity contribution >= 4 is 34.1 Å². The lowest BCUT2D eigenvalue weighted by molar-refractivity contribution is -0.118. The highest BCUT2D eigenvalue weighted by Gasteiger charge is 2.17. The van der Waals surface area contributed by atoms with Gasteiger partial charge in [-0.05, 0) is 61.7 Å². The second kappa shape index (κ2) is 8.72. The molecule has 30 heavy (non-hydrogen) atoms. The van der Waals surface area contributed by atoms with Crippen LogP contribution < -0.4 is 4.90 Å². The fraction of sp³-hybridized carbons (Fsp3) is 0.200. The van der Waals surface area contributed by atoms with E-state index in [4.69, 9.17) is 11.6 Å². The molecule has 4 aromatic rings. The lowest BCUT2D eigenvalue weighted by atomic mass is 10.0. The van der Waals surface area contributed by atoms with Gasteiger partial charge in [0.15, 0.2) is 0 Å². The third-order valence-electron chi connectivity index (χ3n) is 5.39. The second-order valence-electron chi connectivity index (χ2n) is 7.50. The number of anilines is 1. The van der Waals surface area contributed by atoms with Gasteiger partial charge in [-0.15, -0.1) is 0 Å². The fourth-order valence-corrected chi connectivity index (χ4v) is 4.06. The maximum Gasteiger partial charge on any atom is 0.226 e. The predicted octanol–water partition coefficient (Wildman–Crippen LogP) is 6.18. The lowest BCUT2D eigenvalue weighted by Crippen LogP contribution is -2.26. The van der Waals surface area contributed by atoms with E-state index in [9.17, 15) is 4.79 Å². The Morgan fingerprint density at radius 1 is 1.10 bits per heavy atom. The van der Waals surface area contributed by atoms with Gasteiger partial charge in [0, 0.05) is 30.6 Å². The number of fused-ring (bicyclic) bond motifs is 1. The van der Waals surface area contributed by atoms with Crippen LogP contribution in [-0.2, 0) is 11.2 Å². The first-order chi connectivity index (χ1) is 14.5. The second-order valence-corrected chi connectivity index (χ2v) is 7.91. The molecule has 0 spiro atoms. The summed E-state index contributed by atoms with van der Waals surface area (Å²) in [7, 11) is 1.78. The van der Waals surface area contributed by atoms with Crippen molar-refractivity contribution in [3.8, 4) is 11.4 Å². The minimum atomic E-state index is 0.0542. The van der Waals surface area contributed by atoms with E-state index in [1.807, 2.05) is 36.4 Å². The number of aromatic amines is 1. The van der Waals surface area contributed by atoms with E-state index in [1.165, 1.54) is 16.5 Å². The number of carbonyl (C=O) groups excluding carboxylic acids is 1. The normalized spacial score (nSPS) is 11.0. The molecular weight excluding hydrogens is 394 g/mol. The lowest BCUT2D eigenvalue weighted by Gasteiger charge is -2.18. The molecule has 2 aromatic heterocycles. The third-order valence-corrected chi connectivity index (χ3v) is 5.71. The standard InChI is InChI=1S/C25H24ClN3O/c1-17-13-14-21-19(16-17)18(25(28-21)22-10-5-6-15-27-22)8-7-12-24(30)29(2)23-11-4-3-9-20(23)26/h3-6,9-11,13-16,28H,7-8,12H2,1-2H3. The molecule has 0 radical (unpaired) electrons. The third kappa shape index (κ3) is 4.10. The molecule has 0 aliphatic heterocycles. The summed E-state index contributed by atoms with van der Waals surface area (Å²) in [6, 6.07) is 19.7. The van der Waals surface area contributed by atoms with Gasteiger partial charge in [-0.1, -0.05) is 41.4 Å². The van der Waals surface area contributed by atoms with Crippen molar-refractivity contribution in [2.75, 3.05) is 11.9 Å². The molecule has 1 amide bonds. The largest absolute Gasteiger partial charge is 0.353 e. The molecule has 2 aromatic carbocycles. The molecule has 0 aliphatic rings. The molecule has 0 atom stereocenters. The molecular formula is C25H24ClN3O. The Kier molecular flexibility index (Phi) is 5.86. The summed E-state index contributed by atoms with van der Waals surface area (Å²) in [5.41, 5.74) is 6.20. The number of H-pyrrole nitrogens is 1. The van der Waals surface area contributed by atoms with E-state index in [2.05, 4.69) is 35.1 Å². The van der Waals surface area contributed by atoms with E-state index in [0.29, 0.717) is 11.4 Å². The van der Waals surface area contributed by atoms with E-state index in [0.717, 1.165) is 35.4 Å². The van der Waals surface area contributed by atoms with Gasteiger partial charge in [-0.2, -0.15) is 0 Å². The van der Waals surface area contributed by atoms with Crippen molar-refractivity contribution in [3.05, 3.63) is 83.0 Å². The Bertz CT molecular complexity index is 1180. The van der Waals surface area contributed by atoms with Gasteiger partial charge in [0.05, 0.1) is 22.1 Å². The fourth-order valence-electron chi connectivity index (χ4n) is 3.79. The maximum atomic E-state index is 12.7. The van der Waals surface area contributed by atoms with Crippen LogP contribution in [0, 0.1) is 6.92 Å². The van der Waals surface area contributed by atoms with Crippen LogP contribution in [-0.4, -0.2) is 22.9 Å². The van der Waals surface area contributed by atoms with Crippen LogP contribution in [0.3, 0.4) is 0 Å². The van der Waals surface area contributed by atoms with Gasteiger partial charge in [0.25, 0.3) is 0 Å². The molecule has 152 valence electrons. The van der Waals surface area contributed by atoms with E-state index >= 15 is 0 Å². The van der Waals surface area contributed by atoms with Crippen LogP contribution in [0.2, 0.25) is 5.02 Å². The highest BCUT2D eigenvalue weighted by Crippen LogP contribution is 2.31. The monoisotopic (exact) mass is 417 g/mol. The van der Waals surface area contributed by atoms with Gasteiger partial charge in [-0.3, -0.25) is 9.78 Å². The first kappa shape index (κ1) is 20.2. The summed E-state index contributed by atoms with van der Waals surface area (Å²) in [6.45, 7) is 2.10. The smallest absolute Gasteiger partial charge is 0.226 e. The van der Waals surface area contributed by atoms with Crippen LogP contribution in [0.5, 0.6) is 0 Å². The Morgan fingerprint density at radius 3 is 2.67 bits per heavy atom. The Balaban J connectivity index is 1.56. The van der Waals surface area contributed by atoms with Gasteiger partial charge in [-0.25, -0.2) is 0 Å². The number of nitrogens with zero attached hydrogens (tertiary/aromatic N) is 2. The molecule has 4 rings (SSSR count). The summed E-state index contributed by atoms with van der Waals surface area (Å²) in [5.74, 6) is 0.0542. The number of hydrogen-bond donors (Lipinski definition) is 1. The summed E-state index contributed by atoms with van der Waals surface area (Å²) < 4.78 is 0. The number of amides is 1. The molecule has 4 nitrogen and oxygen atoms in total. The van der Waals surface area contributed by atoms with E-state index in [-0.39, 0.29) is 5.91 Å². The number of nitrogens with one attached hydrogen (secondary N) is 1. The number of carbonyl (C=O) groups is 1. The molecule has 1 N–H and O–H groups in total. The first-order valence-electron chi connectivity index (χ1n) is 10.1. The van der Waals surface area contributed by atoms with E-state index in [1.54, 1.807) is 24.2 Å². The van der Waals surface area contributed by atoms with Crippen LogP contribution in [0.15, 0.2) is 66.9 Å². The molecule has 0 bridgehead atoms. The molecule has 0 saturated carbocycles. The zero-order valence-electron chi connectivity index (χ0n) is 17.2. The van der Waals surface area contributed by atoms with Crippen LogP contribution in [0.4, 0.5) is 5.69 Å². The first-order valence-corrected chi connectivity index (χ1v) is 10.5. The van der Waals surface area contributed by atoms with Crippen molar-refractivity contribution in [3.63, 3.8) is 0 Å². The Morgan fingerprint density at radius 2 is 1.90 bits per heavy atom. The Hall–Kier alpha value is -3.11. The quantitative estimate of drug-likeness (QED) is 0.407. The van der Waals surface area contributed by atoms with Gasteiger partial charge >= 0.3 is 0 Å². The highest BCUT2D eigenvalue weighted by atomic mass is 35.5. The number of para-hydroxylation sites is 1. The highest BCUT2D eigenvalue weighted by molar-refractivity contribution is 6.33. The van der Waals surface area contributed by atoms with Crippen LogP contribution >= 0.6 is 11.6 Å². The zero-order chi connectivity index (χ0) is 21.1. The van der Waals surface area contributed by atoms with Crippen molar-refractivity contribution < 1.29 is 4.79 Å². The molecule has 2 heterocycles. The summed E-state index contributed by atoms with van der Waals surface area (Å²) in [4.78, 5) is 22.4. The molecule has 0 unspecified atom stereocenters. The minimum Gasteiger partial charge on any atom is -0.353 e. The number of rotatable bonds is 6. The predicted molar refractivity (Wildman–Crippen MR) is 124 cm³/mol. The minimum absolute atomic E-state index is 0.0542. The summed E-state index contributed by atoms with van der Waals surface area (Å²) in [6.07, 6.45) is 3.78. The van der Waals surface area contributed by atoms with E-state index < -0.39 is 0 Å². The average molecular weight is 418 g/mol. The Labute approximate surface area is 181 Å². The van der Waals surface area contributed by atoms with Crippen molar-refractivity contribution in [1.29, 1.82) is 0 Å². The SMILES string of the molecule is Cc1ccc2[nH]c(-c3ccccn3)c(CCCC(=O)N(C)c3ccccc3Cl)c2c1. The summed E-state index contributed by atoms with van der Waals surface area (Å²) in [5, 5.41) is 1.78. The molecule has 0 fully saturated rings. The number of benzene rings is 2. The van der Waals surface area contributed by atoms with Gasteiger partial charge in [0.1, 0.15) is 0 Å². The molecule has 0 saturated heterocycles. The number of halogens is 1. The van der Waals surface area contributed by atoms with Crippen molar-refractivity contribution in [2.45, 2.75) is 26.2 Å². The van der Waals surface area contributed by atoms with Crippen molar-refractivity contribution in [1.82, 2.24) is 9.97 Å². The van der Waals surface area contributed by atoms with Crippen molar-refractivity contribution in [2.24, 2.45) is 0 Å². The molecule has 0 aliphatic carbocycles. The zero-order valence-corrected chi connectivity index (χ0v) is 17.9. The number of pyridine rings is 1.